The van der Waals surface area contributed by atoms with E-state index in [4.69, 9.17) is 9.84 Å². The van der Waals surface area contributed by atoms with Crippen molar-refractivity contribution < 1.29 is 14.6 Å². The van der Waals surface area contributed by atoms with Crippen molar-refractivity contribution in [1.82, 2.24) is 9.88 Å². The minimum atomic E-state index is -0.755. The summed E-state index contributed by atoms with van der Waals surface area (Å²) in [5.74, 6) is -0.755. The lowest BCUT2D eigenvalue weighted by Crippen LogP contribution is -2.58. The van der Waals surface area contributed by atoms with Gasteiger partial charge in [-0.2, -0.15) is 0 Å². The molecule has 0 bridgehead atoms. The second kappa shape index (κ2) is 6.93. The van der Waals surface area contributed by atoms with E-state index in [0.29, 0.717) is 12.6 Å². The molecule has 0 aromatic carbocycles. The molecule has 2 aliphatic heterocycles. The normalized spacial score (nSPS) is 25.4. The van der Waals surface area contributed by atoms with Crippen LogP contribution in [0.3, 0.4) is 0 Å². The van der Waals surface area contributed by atoms with Crippen LogP contribution in [-0.2, 0) is 16.0 Å². The molecule has 22 heavy (non-hydrogen) atoms. The summed E-state index contributed by atoms with van der Waals surface area (Å²) in [6.07, 6.45) is 6.62. The number of thiazole rings is 1. The summed E-state index contributed by atoms with van der Waals surface area (Å²) in [4.78, 5) is 21.0. The maximum absolute atomic E-state index is 10.7. The monoisotopic (exact) mass is 325 g/mol. The average molecular weight is 325 g/mol. The third kappa shape index (κ3) is 3.26. The van der Waals surface area contributed by atoms with Crippen LogP contribution >= 0.6 is 11.3 Å². The SMILES string of the molecule is CCO[C@H]1CCN1[C@@H]1CCCN1c1ncc(CCC(=O)O)s1. The number of hydrogen-bond donors (Lipinski definition) is 1. The number of carboxylic acids is 1. The number of aromatic nitrogens is 1. The molecule has 2 atom stereocenters. The number of nitrogens with zero attached hydrogens (tertiary/aromatic N) is 3. The second-order valence-electron chi connectivity index (χ2n) is 5.76. The van der Waals surface area contributed by atoms with Crippen LogP contribution in [0.15, 0.2) is 6.20 Å². The van der Waals surface area contributed by atoms with Gasteiger partial charge in [-0.3, -0.25) is 9.69 Å². The van der Waals surface area contributed by atoms with E-state index in [1.165, 1.54) is 6.42 Å². The number of carbonyl (C=O) groups is 1. The van der Waals surface area contributed by atoms with Gasteiger partial charge >= 0.3 is 5.97 Å². The summed E-state index contributed by atoms with van der Waals surface area (Å²) in [6, 6.07) is 0. The first-order chi connectivity index (χ1) is 10.7. The quantitative estimate of drug-likeness (QED) is 0.829. The van der Waals surface area contributed by atoms with E-state index in [0.717, 1.165) is 42.5 Å². The Hall–Kier alpha value is -1.18. The number of anilines is 1. The highest BCUT2D eigenvalue weighted by Gasteiger charge is 2.40. The maximum Gasteiger partial charge on any atom is 0.303 e. The molecule has 0 unspecified atom stereocenters. The number of ether oxygens (including phenoxy) is 1. The summed E-state index contributed by atoms with van der Waals surface area (Å²) >= 11 is 1.63. The van der Waals surface area contributed by atoms with E-state index in [1.807, 2.05) is 13.1 Å². The summed E-state index contributed by atoms with van der Waals surface area (Å²) in [7, 11) is 0. The molecule has 3 rings (SSSR count). The van der Waals surface area contributed by atoms with Crippen LogP contribution in [0.1, 0.15) is 37.5 Å². The molecular weight excluding hydrogens is 302 g/mol. The molecule has 0 amide bonds. The third-order valence-corrected chi connectivity index (χ3v) is 5.43. The van der Waals surface area contributed by atoms with Gasteiger partial charge in [-0.1, -0.05) is 0 Å². The number of hydrogen-bond acceptors (Lipinski definition) is 6. The van der Waals surface area contributed by atoms with E-state index >= 15 is 0 Å². The van der Waals surface area contributed by atoms with E-state index in [9.17, 15) is 4.79 Å². The van der Waals surface area contributed by atoms with Gasteiger partial charge in [-0.05, 0) is 26.2 Å². The smallest absolute Gasteiger partial charge is 0.303 e. The lowest BCUT2D eigenvalue weighted by Gasteiger charge is -2.46. The fourth-order valence-corrected chi connectivity index (χ4v) is 4.17. The molecule has 2 fully saturated rings. The van der Waals surface area contributed by atoms with Crippen LogP contribution in [0.4, 0.5) is 5.13 Å². The van der Waals surface area contributed by atoms with Gasteiger partial charge in [0.1, 0.15) is 6.23 Å². The van der Waals surface area contributed by atoms with Crippen LogP contribution in [0.25, 0.3) is 0 Å². The fraction of sp³-hybridized carbons (Fsp3) is 0.733. The Bertz CT molecular complexity index is 522. The predicted molar refractivity (Wildman–Crippen MR) is 85.2 cm³/mol. The molecule has 0 aliphatic carbocycles. The molecule has 2 saturated heterocycles. The van der Waals surface area contributed by atoms with Crippen molar-refractivity contribution in [1.29, 1.82) is 0 Å². The van der Waals surface area contributed by atoms with E-state index in [1.54, 1.807) is 11.3 Å². The van der Waals surface area contributed by atoms with Crippen LogP contribution in [-0.4, -0.2) is 53.0 Å². The zero-order valence-corrected chi connectivity index (χ0v) is 13.7. The lowest BCUT2D eigenvalue weighted by atomic mass is 10.1. The summed E-state index contributed by atoms with van der Waals surface area (Å²) in [5.41, 5.74) is 0. The first-order valence-corrected chi connectivity index (χ1v) is 8.81. The number of aryl methyl sites for hydroxylation is 1. The molecule has 122 valence electrons. The highest BCUT2D eigenvalue weighted by Crippen LogP contribution is 2.35. The lowest BCUT2D eigenvalue weighted by molar-refractivity contribution is -0.137. The molecule has 7 heteroatoms. The zero-order chi connectivity index (χ0) is 15.5. The molecule has 0 saturated carbocycles. The number of rotatable bonds is 7. The minimum Gasteiger partial charge on any atom is -0.481 e. The predicted octanol–water partition coefficient (Wildman–Crippen LogP) is 2.15. The van der Waals surface area contributed by atoms with Crippen molar-refractivity contribution in [2.45, 2.75) is 51.4 Å². The maximum atomic E-state index is 10.7. The van der Waals surface area contributed by atoms with Gasteiger partial charge < -0.3 is 14.7 Å². The Morgan fingerprint density at radius 2 is 2.36 bits per heavy atom. The molecular formula is C15H23N3O3S. The summed E-state index contributed by atoms with van der Waals surface area (Å²) in [6.45, 7) is 4.90. The third-order valence-electron chi connectivity index (χ3n) is 4.34. The van der Waals surface area contributed by atoms with Crippen molar-refractivity contribution in [3.63, 3.8) is 0 Å². The number of likely N-dealkylation sites (tertiary alicyclic amines) is 1. The van der Waals surface area contributed by atoms with Crippen LogP contribution in [0.2, 0.25) is 0 Å². The molecule has 0 spiro atoms. The molecule has 3 heterocycles. The Kier molecular flexibility index (Phi) is 4.95. The summed E-state index contributed by atoms with van der Waals surface area (Å²) in [5, 5.41) is 9.80. The number of carboxylic acid groups (broad SMARTS) is 1. The highest BCUT2D eigenvalue weighted by molar-refractivity contribution is 7.15. The second-order valence-corrected chi connectivity index (χ2v) is 6.85. The van der Waals surface area contributed by atoms with Gasteiger partial charge in [-0.15, -0.1) is 11.3 Å². The van der Waals surface area contributed by atoms with Crippen molar-refractivity contribution in [2.24, 2.45) is 0 Å². The summed E-state index contributed by atoms with van der Waals surface area (Å²) < 4.78 is 5.77. The molecule has 2 aliphatic rings. The van der Waals surface area contributed by atoms with Crippen LogP contribution in [0.5, 0.6) is 0 Å². The van der Waals surface area contributed by atoms with Gasteiger partial charge in [-0.25, -0.2) is 4.98 Å². The first-order valence-electron chi connectivity index (χ1n) is 7.99. The highest BCUT2D eigenvalue weighted by atomic mass is 32.1. The largest absolute Gasteiger partial charge is 0.481 e. The van der Waals surface area contributed by atoms with Crippen molar-refractivity contribution >= 4 is 22.4 Å². The standard InChI is InChI=1S/C15H23N3O3S/c1-2-21-13-7-9-17(13)12-4-3-8-18(12)15-16-10-11(22-15)5-6-14(19)20/h10,12-13H,2-9H2,1H3,(H,19,20)/t12-,13-/m0/s1. The van der Waals surface area contributed by atoms with Crippen molar-refractivity contribution in [3.8, 4) is 0 Å². The van der Waals surface area contributed by atoms with Crippen molar-refractivity contribution in [2.75, 3.05) is 24.6 Å². The zero-order valence-electron chi connectivity index (χ0n) is 12.9. The number of aliphatic carboxylic acids is 1. The Balaban J connectivity index is 1.64. The van der Waals surface area contributed by atoms with E-state index in [-0.39, 0.29) is 12.6 Å². The fourth-order valence-electron chi connectivity index (χ4n) is 3.19. The van der Waals surface area contributed by atoms with Gasteiger partial charge in [0, 0.05) is 37.2 Å². The van der Waals surface area contributed by atoms with E-state index < -0.39 is 5.97 Å². The van der Waals surface area contributed by atoms with Gasteiger partial charge in [0.15, 0.2) is 5.13 Å². The average Bonchev–Trinajstić information content (AvgIpc) is 3.10. The minimum absolute atomic E-state index is 0.170. The van der Waals surface area contributed by atoms with Gasteiger partial charge in [0.25, 0.3) is 0 Å². The van der Waals surface area contributed by atoms with Gasteiger partial charge in [0.2, 0.25) is 0 Å². The van der Waals surface area contributed by atoms with Gasteiger partial charge in [0.05, 0.1) is 12.6 Å². The molecule has 6 nitrogen and oxygen atoms in total. The molecule has 1 aromatic heterocycles. The van der Waals surface area contributed by atoms with Crippen molar-refractivity contribution in [3.05, 3.63) is 11.1 Å². The molecule has 1 N–H and O–H groups in total. The van der Waals surface area contributed by atoms with E-state index in [2.05, 4.69) is 14.8 Å². The first kappa shape index (κ1) is 15.7. The topological polar surface area (TPSA) is 65.9 Å². The Morgan fingerprint density at radius 1 is 1.50 bits per heavy atom. The van der Waals surface area contributed by atoms with Crippen LogP contribution in [0, 0.1) is 0 Å². The van der Waals surface area contributed by atoms with Crippen LogP contribution < -0.4 is 4.90 Å². The Labute approximate surface area is 134 Å². The molecule has 1 aromatic rings. The Morgan fingerprint density at radius 3 is 3.05 bits per heavy atom. The molecule has 0 radical (unpaired) electrons.